The van der Waals surface area contributed by atoms with Crippen LogP contribution in [0.3, 0.4) is 0 Å². The Hall–Kier alpha value is -2.90. The average Bonchev–Trinajstić information content (AvgIpc) is 3.17. The minimum Gasteiger partial charge on any atom is -0.481 e. The number of urea groups is 1. The van der Waals surface area contributed by atoms with Gasteiger partial charge in [-0.05, 0) is 25.5 Å². The molecule has 0 saturated carbocycles. The summed E-state index contributed by atoms with van der Waals surface area (Å²) in [5.74, 6) is -1.48. The van der Waals surface area contributed by atoms with Crippen LogP contribution in [-0.2, 0) is 4.79 Å². The van der Waals surface area contributed by atoms with Crippen LogP contribution in [-0.4, -0.2) is 40.3 Å². The first-order valence-electron chi connectivity index (χ1n) is 7.47. The minimum atomic E-state index is -0.912. The molecule has 2 heterocycles. The van der Waals surface area contributed by atoms with Crippen LogP contribution in [0.4, 0.5) is 15.0 Å². The van der Waals surface area contributed by atoms with Crippen molar-refractivity contribution in [2.45, 2.75) is 13.3 Å². The van der Waals surface area contributed by atoms with Crippen molar-refractivity contribution in [1.29, 1.82) is 0 Å². The number of carboxylic acid groups (broad SMARTS) is 1. The highest BCUT2D eigenvalue weighted by Gasteiger charge is 2.31. The van der Waals surface area contributed by atoms with Gasteiger partial charge in [0, 0.05) is 18.7 Å². The topological polar surface area (TPSA) is 95.7 Å². The molecule has 0 radical (unpaired) electrons. The van der Waals surface area contributed by atoms with Crippen LogP contribution >= 0.6 is 0 Å². The highest BCUT2D eigenvalue weighted by Crippen LogP contribution is 2.30. The Kier molecular flexibility index (Phi) is 4.20. The monoisotopic (exact) mass is 333 g/mol. The first kappa shape index (κ1) is 16.0. The van der Waals surface area contributed by atoms with E-state index in [2.05, 4.69) is 10.5 Å². The predicted molar refractivity (Wildman–Crippen MR) is 83.0 cm³/mol. The smallest absolute Gasteiger partial charge is 0.323 e. The number of aliphatic carboxylic acids is 1. The summed E-state index contributed by atoms with van der Waals surface area (Å²) < 4.78 is 19.0. The quantitative estimate of drug-likeness (QED) is 0.900. The van der Waals surface area contributed by atoms with E-state index in [0.717, 1.165) is 0 Å². The molecule has 3 rings (SSSR count). The molecule has 1 unspecified atom stereocenters. The minimum absolute atomic E-state index is 0.151. The van der Waals surface area contributed by atoms with Gasteiger partial charge in [-0.2, -0.15) is 0 Å². The van der Waals surface area contributed by atoms with Gasteiger partial charge in [0.05, 0.1) is 11.5 Å². The number of carbonyl (C=O) groups is 2. The second-order valence-electron chi connectivity index (χ2n) is 5.67. The summed E-state index contributed by atoms with van der Waals surface area (Å²) in [7, 11) is 0. The van der Waals surface area contributed by atoms with Gasteiger partial charge in [-0.3, -0.25) is 10.1 Å². The molecule has 1 saturated heterocycles. The summed E-state index contributed by atoms with van der Waals surface area (Å²) in [5, 5.41) is 15.4. The van der Waals surface area contributed by atoms with Gasteiger partial charge in [-0.15, -0.1) is 0 Å². The number of amides is 2. The molecule has 2 aromatic rings. The molecule has 2 amide bonds. The maximum atomic E-state index is 13.9. The third-order valence-corrected chi connectivity index (χ3v) is 4.09. The van der Waals surface area contributed by atoms with Gasteiger partial charge in [0.15, 0.2) is 11.6 Å². The third kappa shape index (κ3) is 2.94. The Bertz CT molecular complexity index is 789. The van der Waals surface area contributed by atoms with Crippen molar-refractivity contribution in [3.05, 3.63) is 35.6 Å². The van der Waals surface area contributed by atoms with Crippen LogP contribution in [0.1, 0.15) is 12.0 Å². The molecule has 7 nitrogen and oxygen atoms in total. The molecule has 1 atom stereocenters. The highest BCUT2D eigenvalue weighted by molar-refractivity contribution is 5.90. The van der Waals surface area contributed by atoms with Crippen molar-refractivity contribution >= 4 is 17.8 Å². The van der Waals surface area contributed by atoms with Crippen LogP contribution in [0.2, 0.25) is 0 Å². The summed E-state index contributed by atoms with van der Waals surface area (Å²) in [6.45, 7) is 2.18. The van der Waals surface area contributed by atoms with Crippen molar-refractivity contribution < 1.29 is 23.6 Å². The van der Waals surface area contributed by atoms with Crippen LogP contribution in [0, 0.1) is 18.7 Å². The number of aromatic nitrogens is 1. The zero-order valence-corrected chi connectivity index (χ0v) is 13.0. The standard InChI is InChI=1S/C16H16FN3O4/c1-9-13(11-4-2-3-5-12(11)17)24-19-14(9)18-16(23)20-7-6-10(8-20)15(21)22/h2-5,10H,6-8H2,1H3,(H,21,22)(H,18,19,23). The number of nitrogens with zero attached hydrogens (tertiary/aromatic N) is 2. The highest BCUT2D eigenvalue weighted by atomic mass is 19.1. The fourth-order valence-corrected chi connectivity index (χ4v) is 2.68. The fraction of sp³-hybridized carbons (Fsp3) is 0.312. The number of nitrogens with one attached hydrogen (secondary N) is 1. The van der Waals surface area contributed by atoms with E-state index in [-0.39, 0.29) is 23.7 Å². The van der Waals surface area contributed by atoms with E-state index in [1.807, 2.05) is 0 Å². The number of hydrogen-bond donors (Lipinski definition) is 2. The summed E-state index contributed by atoms with van der Waals surface area (Å²) in [5.41, 5.74) is 0.762. The van der Waals surface area contributed by atoms with E-state index in [4.69, 9.17) is 9.63 Å². The Morgan fingerprint density at radius 3 is 2.83 bits per heavy atom. The van der Waals surface area contributed by atoms with Crippen LogP contribution < -0.4 is 5.32 Å². The Morgan fingerprint density at radius 1 is 1.42 bits per heavy atom. The molecule has 0 spiro atoms. The lowest BCUT2D eigenvalue weighted by Crippen LogP contribution is -2.34. The van der Waals surface area contributed by atoms with Gasteiger partial charge in [-0.1, -0.05) is 17.3 Å². The van der Waals surface area contributed by atoms with Crippen LogP contribution in [0.25, 0.3) is 11.3 Å². The SMILES string of the molecule is Cc1c(NC(=O)N2CCC(C(=O)O)C2)noc1-c1ccccc1F. The Balaban J connectivity index is 1.74. The molecule has 126 valence electrons. The van der Waals surface area contributed by atoms with Crippen molar-refractivity contribution in [1.82, 2.24) is 10.1 Å². The first-order chi connectivity index (χ1) is 11.5. The molecule has 1 aromatic carbocycles. The Labute approximate surface area is 137 Å². The Morgan fingerprint density at radius 2 is 2.17 bits per heavy atom. The van der Waals surface area contributed by atoms with E-state index in [1.54, 1.807) is 25.1 Å². The zero-order valence-electron chi connectivity index (χ0n) is 13.0. The summed E-state index contributed by atoms with van der Waals surface area (Å²) in [6, 6.07) is 5.67. The summed E-state index contributed by atoms with van der Waals surface area (Å²) >= 11 is 0. The van der Waals surface area contributed by atoms with Gasteiger partial charge in [-0.25, -0.2) is 9.18 Å². The van der Waals surface area contributed by atoms with Crippen LogP contribution in [0.5, 0.6) is 0 Å². The van der Waals surface area contributed by atoms with E-state index in [9.17, 15) is 14.0 Å². The van der Waals surface area contributed by atoms with Crippen LogP contribution in [0.15, 0.2) is 28.8 Å². The molecule has 1 fully saturated rings. The van der Waals surface area contributed by atoms with Gasteiger partial charge >= 0.3 is 12.0 Å². The molecule has 8 heteroatoms. The van der Waals surface area contributed by atoms with E-state index in [1.165, 1.54) is 11.0 Å². The van der Waals surface area contributed by atoms with Gasteiger partial charge in [0.2, 0.25) is 0 Å². The normalized spacial score (nSPS) is 17.1. The summed E-state index contributed by atoms with van der Waals surface area (Å²) in [6.07, 6.45) is 0.418. The van der Waals surface area contributed by atoms with Gasteiger partial charge < -0.3 is 14.5 Å². The maximum absolute atomic E-state index is 13.9. The first-order valence-corrected chi connectivity index (χ1v) is 7.47. The zero-order chi connectivity index (χ0) is 17.3. The third-order valence-electron chi connectivity index (χ3n) is 4.09. The van der Waals surface area contributed by atoms with Crippen molar-refractivity contribution in [2.75, 3.05) is 18.4 Å². The van der Waals surface area contributed by atoms with E-state index < -0.39 is 23.7 Å². The predicted octanol–water partition coefficient (Wildman–Crippen LogP) is 2.73. The van der Waals surface area contributed by atoms with Gasteiger partial charge in [0.1, 0.15) is 5.82 Å². The number of benzene rings is 1. The molecule has 2 N–H and O–H groups in total. The number of carbonyl (C=O) groups excluding carboxylic acids is 1. The number of anilines is 1. The second kappa shape index (κ2) is 6.31. The van der Waals surface area contributed by atoms with Crippen molar-refractivity contribution in [3.8, 4) is 11.3 Å². The molecule has 0 aliphatic carbocycles. The molecular weight excluding hydrogens is 317 g/mol. The fourth-order valence-electron chi connectivity index (χ4n) is 2.68. The van der Waals surface area contributed by atoms with E-state index >= 15 is 0 Å². The molecule has 1 aliphatic rings. The largest absolute Gasteiger partial charge is 0.481 e. The lowest BCUT2D eigenvalue weighted by Gasteiger charge is -2.15. The van der Waals surface area contributed by atoms with Crippen molar-refractivity contribution in [2.24, 2.45) is 5.92 Å². The molecular formula is C16H16FN3O4. The lowest BCUT2D eigenvalue weighted by molar-refractivity contribution is -0.141. The summed E-state index contributed by atoms with van der Waals surface area (Å²) in [4.78, 5) is 24.6. The number of carboxylic acids is 1. The lowest BCUT2D eigenvalue weighted by atomic mass is 10.1. The molecule has 1 aliphatic heterocycles. The number of hydrogen-bond acceptors (Lipinski definition) is 4. The maximum Gasteiger partial charge on any atom is 0.323 e. The number of likely N-dealkylation sites (tertiary alicyclic amines) is 1. The number of rotatable bonds is 3. The molecule has 0 bridgehead atoms. The van der Waals surface area contributed by atoms with Crippen molar-refractivity contribution in [3.63, 3.8) is 0 Å². The molecule has 24 heavy (non-hydrogen) atoms. The second-order valence-corrected chi connectivity index (χ2v) is 5.67. The van der Waals surface area contributed by atoms with Gasteiger partial charge in [0.25, 0.3) is 0 Å². The molecule has 1 aromatic heterocycles. The number of halogens is 1. The average molecular weight is 333 g/mol. The van der Waals surface area contributed by atoms with E-state index in [0.29, 0.717) is 18.5 Å².